The maximum atomic E-state index is 13.3. The van der Waals surface area contributed by atoms with E-state index in [4.69, 9.17) is 15.9 Å². The first-order valence-corrected chi connectivity index (χ1v) is 13.0. The van der Waals surface area contributed by atoms with E-state index in [1.54, 1.807) is 13.1 Å². The topological polar surface area (TPSA) is 221 Å². The van der Waals surface area contributed by atoms with Gasteiger partial charge in [-0.15, -0.1) is 0 Å². The second kappa shape index (κ2) is 15.4. The van der Waals surface area contributed by atoms with Gasteiger partial charge in [0.2, 0.25) is 24.0 Å². The molecule has 0 aliphatic carbocycles. The minimum Gasteiger partial charge on any atom is -0.481 e. The van der Waals surface area contributed by atoms with Gasteiger partial charge in [-0.2, -0.15) is 0 Å². The first-order valence-electron chi connectivity index (χ1n) is 13.0. The van der Waals surface area contributed by atoms with Crippen molar-refractivity contribution in [2.24, 2.45) is 11.7 Å². The molecule has 0 aliphatic heterocycles. The molecule has 0 aliphatic rings. The van der Waals surface area contributed by atoms with Crippen molar-refractivity contribution in [2.75, 3.05) is 0 Å². The smallest absolute Gasteiger partial charge is 0.303 e. The van der Waals surface area contributed by atoms with Crippen LogP contribution >= 0.6 is 0 Å². The molecule has 40 heavy (non-hydrogen) atoms. The number of benzene rings is 1. The summed E-state index contributed by atoms with van der Waals surface area (Å²) in [5.41, 5.74) is 7.26. The van der Waals surface area contributed by atoms with E-state index in [0.717, 1.165) is 10.9 Å². The third kappa shape index (κ3) is 9.49. The lowest BCUT2D eigenvalue weighted by atomic mass is 9.98. The summed E-state index contributed by atoms with van der Waals surface area (Å²) < 4.78 is 0. The molecule has 0 unspecified atom stereocenters. The second-order valence-corrected chi connectivity index (χ2v) is 9.65. The maximum absolute atomic E-state index is 13.3. The summed E-state index contributed by atoms with van der Waals surface area (Å²) >= 11 is 0. The summed E-state index contributed by atoms with van der Waals surface area (Å²) in [6.07, 6.45) is 2.76. The van der Waals surface area contributed by atoms with Gasteiger partial charge in [0.25, 0.3) is 0 Å². The quantitative estimate of drug-likeness (QED) is 0.142. The number of H-pyrrole nitrogens is 1. The monoisotopic (exact) mass is 558 g/mol. The number of fused-ring (bicyclic) bond motifs is 1. The number of aromatic amines is 1. The summed E-state index contributed by atoms with van der Waals surface area (Å²) in [5, 5.41) is 26.4. The standard InChI is InChI=1S/C27H36N5O8/c1-3-15(2)22(14-33)32-27(40)21(12-16-13-29-19-7-5-4-6-17(16)19)31-26(39)20(9-11-24(36)37)30-25(38)18(28)8-10-23(34)35/h4-7,13,15,18,20-22,29H,3,8-12,28H2,1-2H3,(H,30,38)(H,31,39)(H,32,40)(H,34,35)(H,36,37)/t15-,18-,20-,21-,22+/m0/s1. The number of carbonyl (C=O) groups excluding carboxylic acids is 4. The number of hydrogen-bond donors (Lipinski definition) is 7. The predicted molar refractivity (Wildman–Crippen MR) is 145 cm³/mol. The van der Waals surface area contributed by atoms with Crippen LogP contribution in [0.15, 0.2) is 30.5 Å². The Morgan fingerprint density at radius 2 is 1.52 bits per heavy atom. The molecule has 0 spiro atoms. The fraction of sp³-hybridized carbons (Fsp3) is 0.481. The summed E-state index contributed by atoms with van der Waals surface area (Å²) in [6.45, 7) is 3.62. The highest BCUT2D eigenvalue weighted by Gasteiger charge is 2.31. The van der Waals surface area contributed by atoms with Crippen LogP contribution in [0.5, 0.6) is 0 Å². The average molecular weight is 559 g/mol. The Morgan fingerprint density at radius 3 is 2.15 bits per heavy atom. The molecule has 2 rings (SSSR count). The van der Waals surface area contributed by atoms with Crippen LogP contribution in [-0.4, -0.2) is 75.3 Å². The Bertz CT molecular complexity index is 1210. The number of amides is 3. The van der Waals surface area contributed by atoms with Crippen molar-refractivity contribution >= 4 is 46.8 Å². The fourth-order valence-electron chi connectivity index (χ4n) is 4.00. The zero-order valence-corrected chi connectivity index (χ0v) is 22.4. The molecule has 1 heterocycles. The molecule has 13 nitrogen and oxygen atoms in total. The van der Waals surface area contributed by atoms with Crippen molar-refractivity contribution in [3.05, 3.63) is 36.0 Å². The molecular formula is C27H36N5O8. The molecule has 0 saturated heterocycles. The van der Waals surface area contributed by atoms with Gasteiger partial charge in [0.05, 0.1) is 12.1 Å². The number of hydrogen-bond acceptors (Lipinski definition) is 7. The number of carboxylic acid groups (broad SMARTS) is 2. The molecule has 217 valence electrons. The Labute approximate surface area is 231 Å². The molecule has 2 aromatic rings. The molecule has 1 radical (unpaired) electrons. The van der Waals surface area contributed by atoms with Crippen LogP contribution in [0.2, 0.25) is 0 Å². The van der Waals surface area contributed by atoms with Crippen molar-refractivity contribution in [3.8, 4) is 0 Å². The number of carboxylic acids is 2. The van der Waals surface area contributed by atoms with E-state index in [2.05, 4.69) is 20.9 Å². The number of aromatic nitrogens is 1. The Morgan fingerprint density at radius 1 is 0.925 bits per heavy atom. The highest BCUT2D eigenvalue weighted by Crippen LogP contribution is 2.19. The van der Waals surface area contributed by atoms with E-state index in [9.17, 15) is 28.8 Å². The van der Waals surface area contributed by atoms with Crippen LogP contribution in [0.3, 0.4) is 0 Å². The van der Waals surface area contributed by atoms with Crippen molar-refractivity contribution in [1.29, 1.82) is 0 Å². The maximum Gasteiger partial charge on any atom is 0.303 e. The summed E-state index contributed by atoms with van der Waals surface area (Å²) in [4.78, 5) is 75.8. The Kier molecular flexibility index (Phi) is 12.3. The van der Waals surface area contributed by atoms with Crippen molar-refractivity contribution in [3.63, 3.8) is 0 Å². The Hall–Kier alpha value is -4.26. The van der Waals surface area contributed by atoms with Gasteiger partial charge in [-0.25, -0.2) is 0 Å². The highest BCUT2D eigenvalue weighted by molar-refractivity contribution is 5.94. The SMILES string of the molecule is CC[C@H](C)[C@@H]([C]=O)NC(=O)[C@H](Cc1c[nH]c2ccccc12)NC(=O)[C@H](CCC(=O)O)NC(=O)[C@@H](N)CCC(=O)O. The molecule has 8 N–H and O–H groups in total. The number of nitrogens with two attached hydrogens (primary N) is 1. The number of rotatable bonds is 17. The first kappa shape index (κ1) is 32.0. The third-order valence-corrected chi connectivity index (χ3v) is 6.66. The van der Waals surface area contributed by atoms with Crippen LogP contribution in [-0.2, 0) is 35.2 Å². The van der Waals surface area contributed by atoms with E-state index in [0.29, 0.717) is 12.0 Å². The fourth-order valence-corrected chi connectivity index (χ4v) is 4.00. The molecule has 13 heteroatoms. The lowest BCUT2D eigenvalue weighted by Gasteiger charge is -2.26. The molecular weight excluding hydrogens is 522 g/mol. The molecule has 0 saturated carbocycles. The number of carbonyl (C=O) groups is 5. The molecule has 5 atom stereocenters. The lowest BCUT2D eigenvalue weighted by Crippen LogP contribution is -2.57. The van der Waals surface area contributed by atoms with E-state index < -0.39 is 60.2 Å². The van der Waals surface area contributed by atoms with Crippen LogP contribution in [0, 0.1) is 5.92 Å². The molecule has 0 bridgehead atoms. The molecule has 0 fully saturated rings. The van der Waals surface area contributed by atoms with Gasteiger partial charge >= 0.3 is 11.9 Å². The van der Waals surface area contributed by atoms with Gasteiger partial charge in [0.15, 0.2) is 0 Å². The van der Waals surface area contributed by atoms with Crippen LogP contribution in [0.1, 0.15) is 51.5 Å². The highest BCUT2D eigenvalue weighted by atomic mass is 16.4. The molecule has 1 aromatic carbocycles. The summed E-state index contributed by atoms with van der Waals surface area (Å²) in [6, 6.07) is 2.60. The largest absolute Gasteiger partial charge is 0.481 e. The number of para-hydroxylation sites is 1. The Balaban J connectivity index is 2.30. The molecule has 1 aromatic heterocycles. The summed E-state index contributed by atoms with van der Waals surface area (Å²) in [7, 11) is 0. The first-order chi connectivity index (χ1) is 19.0. The van der Waals surface area contributed by atoms with Crippen molar-refractivity contribution in [2.45, 2.75) is 76.5 Å². The van der Waals surface area contributed by atoms with E-state index >= 15 is 0 Å². The second-order valence-electron chi connectivity index (χ2n) is 9.65. The zero-order valence-electron chi connectivity index (χ0n) is 22.4. The number of aliphatic carboxylic acids is 2. The average Bonchev–Trinajstić information content (AvgIpc) is 3.33. The normalized spacial score (nSPS) is 14.8. The van der Waals surface area contributed by atoms with E-state index in [1.807, 2.05) is 37.5 Å². The predicted octanol–water partition coefficient (Wildman–Crippen LogP) is 0.378. The van der Waals surface area contributed by atoms with Gasteiger partial charge < -0.3 is 36.9 Å². The third-order valence-electron chi connectivity index (χ3n) is 6.66. The van der Waals surface area contributed by atoms with Gasteiger partial charge in [0.1, 0.15) is 12.1 Å². The van der Waals surface area contributed by atoms with Gasteiger partial charge in [-0.3, -0.25) is 28.8 Å². The van der Waals surface area contributed by atoms with Crippen LogP contribution in [0.25, 0.3) is 10.9 Å². The minimum absolute atomic E-state index is 0.0192. The lowest BCUT2D eigenvalue weighted by molar-refractivity contribution is -0.139. The van der Waals surface area contributed by atoms with Crippen LogP contribution in [0.4, 0.5) is 0 Å². The van der Waals surface area contributed by atoms with Gasteiger partial charge in [0, 0.05) is 36.4 Å². The zero-order chi connectivity index (χ0) is 29.8. The minimum atomic E-state index is -1.37. The van der Waals surface area contributed by atoms with Crippen molar-refractivity contribution < 1.29 is 39.0 Å². The molecule has 3 amide bonds. The van der Waals surface area contributed by atoms with Crippen molar-refractivity contribution in [1.82, 2.24) is 20.9 Å². The number of nitrogens with one attached hydrogen (secondary N) is 4. The van der Waals surface area contributed by atoms with E-state index in [1.165, 1.54) is 0 Å². The van der Waals surface area contributed by atoms with Gasteiger partial charge in [-0.05, 0) is 30.4 Å². The summed E-state index contributed by atoms with van der Waals surface area (Å²) in [5.74, 6) is -4.92. The van der Waals surface area contributed by atoms with Gasteiger partial charge in [-0.1, -0.05) is 38.5 Å². The van der Waals surface area contributed by atoms with E-state index in [-0.39, 0.29) is 31.6 Å². The van der Waals surface area contributed by atoms with Crippen LogP contribution < -0.4 is 21.7 Å².